The first-order valence-corrected chi connectivity index (χ1v) is 8.00. The van der Waals surface area contributed by atoms with Crippen LogP contribution in [0.5, 0.6) is 0 Å². The summed E-state index contributed by atoms with van der Waals surface area (Å²) in [6, 6.07) is 16.1. The third kappa shape index (κ3) is 2.36. The van der Waals surface area contributed by atoms with Crippen LogP contribution in [-0.4, -0.2) is 27.4 Å². The van der Waals surface area contributed by atoms with Gasteiger partial charge in [-0.05, 0) is 30.5 Å². The molecule has 116 valence electrons. The Labute approximate surface area is 135 Å². The van der Waals surface area contributed by atoms with Crippen molar-refractivity contribution in [1.82, 2.24) is 10.2 Å². The summed E-state index contributed by atoms with van der Waals surface area (Å²) in [4.78, 5) is 2.28. The van der Waals surface area contributed by atoms with E-state index in [1.165, 1.54) is 0 Å². The summed E-state index contributed by atoms with van der Waals surface area (Å²) in [6.45, 7) is 0. The van der Waals surface area contributed by atoms with Crippen molar-refractivity contribution in [2.24, 2.45) is 0 Å². The number of rotatable bonds is 2. The summed E-state index contributed by atoms with van der Waals surface area (Å²) in [5.74, 6) is 0.812. The smallest absolute Gasteiger partial charge is 0.163 e. The van der Waals surface area contributed by atoms with Gasteiger partial charge in [0.15, 0.2) is 11.5 Å². The van der Waals surface area contributed by atoms with E-state index in [1.54, 1.807) is 6.07 Å². The summed E-state index contributed by atoms with van der Waals surface area (Å²) in [6.07, 6.45) is 3.52. The second kappa shape index (κ2) is 5.32. The normalized spacial score (nSPS) is 29.3. The molecule has 5 nitrogen and oxygen atoms in total. The lowest BCUT2D eigenvalue weighted by Crippen LogP contribution is -2.50. The first-order valence-electron chi connectivity index (χ1n) is 8.00. The molecule has 2 fully saturated rings. The average molecular weight is 306 g/mol. The molecular formula is C18H18N4O. The quantitative estimate of drug-likeness (QED) is 0.922. The highest BCUT2D eigenvalue weighted by atomic mass is 16.3. The molecule has 1 N–H and O–H groups in total. The van der Waals surface area contributed by atoms with Gasteiger partial charge in [0, 0.05) is 24.9 Å². The molecule has 0 aliphatic carbocycles. The third-order valence-corrected chi connectivity index (χ3v) is 5.11. The summed E-state index contributed by atoms with van der Waals surface area (Å²) in [7, 11) is 0. The Hall–Kier alpha value is -2.45. The molecule has 0 saturated carbocycles. The van der Waals surface area contributed by atoms with Crippen molar-refractivity contribution in [3.63, 3.8) is 0 Å². The lowest BCUT2D eigenvalue weighted by Gasteiger charge is -2.44. The SMILES string of the molecule is N#Cc1ccc(N2C3CCC2CC(O)(c2ccccc2)C3)nn1. The predicted molar refractivity (Wildman–Crippen MR) is 85.6 cm³/mol. The van der Waals surface area contributed by atoms with Crippen LogP contribution in [0.25, 0.3) is 0 Å². The van der Waals surface area contributed by atoms with Gasteiger partial charge in [-0.1, -0.05) is 30.3 Å². The number of piperidine rings is 1. The minimum Gasteiger partial charge on any atom is -0.385 e. The van der Waals surface area contributed by atoms with Crippen LogP contribution < -0.4 is 4.90 Å². The molecular weight excluding hydrogens is 288 g/mol. The summed E-state index contributed by atoms with van der Waals surface area (Å²) in [5.41, 5.74) is 0.574. The maximum absolute atomic E-state index is 11.2. The Morgan fingerprint density at radius 1 is 1.04 bits per heavy atom. The molecule has 3 heterocycles. The molecule has 2 atom stereocenters. The van der Waals surface area contributed by atoms with E-state index in [9.17, 15) is 5.11 Å². The monoisotopic (exact) mass is 306 g/mol. The highest BCUT2D eigenvalue weighted by Gasteiger charge is 2.48. The Morgan fingerprint density at radius 3 is 2.30 bits per heavy atom. The van der Waals surface area contributed by atoms with Crippen molar-refractivity contribution < 1.29 is 5.11 Å². The number of fused-ring (bicyclic) bond motifs is 2. The molecule has 1 aromatic heterocycles. The maximum Gasteiger partial charge on any atom is 0.163 e. The third-order valence-electron chi connectivity index (χ3n) is 5.11. The molecule has 2 unspecified atom stereocenters. The van der Waals surface area contributed by atoms with E-state index in [0.717, 1.165) is 24.2 Å². The van der Waals surface area contributed by atoms with Gasteiger partial charge in [-0.2, -0.15) is 5.26 Å². The Balaban J connectivity index is 1.62. The summed E-state index contributed by atoms with van der Waals surface area (Å²) < 4.78 is 0. The molecule has 2 aliphatic heterocycles. The fraction of sp³-hybridized carbons (Fsp3) is 0.389. The molecule has 2 saturated heterocycles. The minimum absolute atomic E-state index is 0.265. The van der Waals surface area contributed by atoms with Gasteiger partial charge in [0.2, 0.25) is 0 Å². The van der Waals surface area contributed by atoms with E-state index in [0.29, 0.717) is 18.5 Å². The van der Waals surface area contributed by atoms with Gasteiger partial charge in [-0.3, -0.25) is 0 Å². The van der Waals surface area contributed by atoms with Crippen LogP contribution in [0.15, 0.2) is 42.5 Å². The number of anilines is 1. The van der Waals surface area contributed by atoms with Crippen molar-refractivity contribution in [3.05, 3.63) is 53.7 Å². The average Bonchev–Trinajstić information content (AvgIpc) is 2.88. The Bertz CT molecular complexity index is 724. The molecule has 0 radical (unpaired) electrons. The van der Waals surface area contributed by atoms with E-state index in [2.05, 4.69) is 15.1 Å². The minimum atomic E-state index is -0.760. The van der Waals surface area contributed by atoms with Gasteiger partial charge < -0.3 is 10.0 Å². The van der Waals surface area contributed by atoms with Crippen molar-refractivity contribution in [2.45, 2.75) is 43.4 Å². The number of aliphatic hydroxyl groups is 1. The van der Waals surface area contributed by atoms with E-state index in [-0.39, 0.29) is 12.1 Å². The van der Waals surface area contributed by atoms with Crippen molar-refractivity contribution in [2.75, 3.05) is 4.90 Å². The molecule has 4 rings (SSSR count). The second-order valence-electron chi connectivity index (χ2n) is 6.49. The van der Waals surface area contributed by atoms with Crippen molar-refractivity contribution in [1.29, 1.82) is 5.26 Å². The number of benzene rings is 1. The van der Waals surface area contributed by atoms with Gasteiger partial charge in [-0.25, -0.2) is 0 Å². The van der Waals surface area contributed by atoms with E-state index in [1.807, 2.05) is 42.5 Å². The van der Waals surface area contributed by atoms with Crippen molar-refractivity contribution >= 4 is 5.82 Å². The van der Waals surface area contributed by atoms with Gasteiger partial charge in [0.1, 0.15) is 6.07 Å². The Morgan fingerprint density at radius 2 is 1.74 bits per heavy atom. The van der Waals surface area contributed by atoms with Gasteiger partial charge in [-0.15, -0.1) is 10.2 Å². The van der Waals surface area contributed by atoms with Crippen molar-refractivity contribution in [3.8, 4) is 6.07 Å². The topological polar surface area (TPSA) is 73.0 Å². The highest BCUT2D eigenvalue weighted by Crippen LogP contribution is 2.46. The standard InChI is InChI=1S/C18H18N4O/c19-12-14-6-9-17(21-20-14)22-15-7-8-16(22)11-18(23,10-15)13-4-2-1-3-5-13/h1-6,9,15-16,23H,7-8,10-11H2. The molecule has 1 aromatic carbocycles. The fourth-order valence-corrected chi connectivity index (χ4v) is 4.11. The number of nitrogens with zero attached hydrogens (tertiary/aromatic N) is 4. The van der Waals surface area contributed by atoms with E-state index >= 15 is 0 Å². The van der Waals surface area contributed by atoms with Crippen LogP contribution in [0.3, 0.4) is 0 Å². The molecule has 2 bridgehead atoms. The summed E-state index contributed by atoms with van der Waals surface area (Å²) >= 11 is 0. The van der Waals surface area contributed by atoms with Crippen LogP contribution in [0.4, 0.5) is 5.82 Å². The fourth-order valence-electron chi connectivity index (χ4n) is 4.11. The first-order chi connectivity index (χ1) is 11.2. The number of nitriles is 1. The lowest BCUT2D eigenvalue weighted by molar-refractivity contribution is -0.00322. The van der Waals surface area contributed by atoms with E-state index < -0.39 is 5.60 Å². The molecule has 2 aliphatic rings. The molecule has 0 amide bonds. The highest BCUT2D eigenvalue weighted by molar-refractivity contribution is 5.45. The van der Waals surface area contributed by atoms with Gasteiger partial charge in [0.05, 0.1) is 5.60 Å². The van der Waals surface area contributed by atoms with Gasteiger partial charge in [0.25, 0.3) is 0 Å². The lowest BCUT2D eigenvalue weighted by atomic mass is 9.80. The predicted octanol–water partition coefficient (Wildman–Crippen LogP) is 2.37. The summed E-state index contributed by atoms with van der Waals surface area (Å²) in [5, 5.41) is 28.2. The molecule has 23 heavy (non-hydrogen) atoms. The van der Waals surface area contributed by atoms with E-state index in [4.69, 9.17) is 5.26 Å². The number of hydrogen-bond acceptors (Lipinski definition) is 5. The van der Waals surface area contributed by atoms with Gasteiger partial charge >= 0.3 is 0 Å². The zero-order valence-corrected chi connectivity index (χ0v) is 12.8. The maximum atomic E-state index is 11.2. The zero-order chi connectivity index (χ0) is 15.9. The van der Waals surface area contributed by atoms with Crippen LogP contribution in [0, 0.1) is 11.3 Å². The second-order valence-corrected chi connectivity index (χ2v) is 6.49. The molecule has 0 spiro atoms. The molecule has 5 heteroatoms. The first kappa shape index (κ1) is 14.2. The Kier molecular flexibility index (Phi) is 3.28. The number of aromatic nitrogens is 2. The van der Waals surface area contributed by atoms with Crippen LogP contribution in [0.2, 0.25) is 0 Å². The largest absolute Gasteiger partial charge is 0.385 e. The van der Waals surface area contributed by atoms with Crippen LogP contribution >= 0.6 is 0 Å². The van der Waals surface area contributed by atoms with Crippen LogP contribution in [-0.2, 0) is 5.60 Å². The zero-order valence-electron chi connectivity index (χ0n) is 12.8. The number of hydrogen-bond donors (Lipinski definition) is 1. The molecule has 2 aromatic rings. The van der Waals surface area contributed by atoms with Crippen LogP contribution in [0.1, 0.15) is 36.9 Å².